The van der Waals surface area contributed by atoms with Crippen LogP contribution >= 0.6 is 23.1 Å². The second-order valence-electron chi connectivity index (χ2n) is 6.70. The van der Waals surface area contributed by atoms with E-state index >= 15 is 0 Å². The molecule has 0 saturated carbocycles. The van der Waals surface area contributed by atoms with E-state index in [-0.39, 0.29) is 28.5 Å². The Hall–Kier alpha value is -1.73. The maximum absolute atomic E-state index is 12.7. The second-order valence-corrected chi connectivity index (χ2v) is 9.07. The van der Waals surface area contributed by atoms with Gasteiger partial charge in [0.25, 0.3) is 5.91 Å². The molecule has 2 aromatic heterocycles. The first kappa shape index (κ1) is 19.0. The summed E-state index contributed by atoms with van der Waals surface area (Å²) in [5.74, 6) is 0.336. The summed E-state index contributed by atoms with van der Waals surface area (Å²) in [4.78, 5) is 30.3. The van der Waals surface area contributed by atoms with Crippen LogP contribution in [0.1, 0.15) is 47.1 Å². The number of rotatable bonds is 6. The molecule has 0 aliphatic carbocycles. The number of carbonyl (C=O) groups excluding carboxylic acids is 2. The third-order valence-electron chi connectivity index (χ3n) is 4.57. The lowest BCUT2D eigenvalue weighted by atomic mass is 10.2. The number of amides is 2. The average molecular weight is 393 g/mol. The molecule has 26 heavy (non-hydrogen) atoms. The minimum absolute atomic E-state index is 0.0253. The third kappa shape index (κ3) is 3.69. The molecule has 3 heterocycles. The Morgan fingerprint density at radius 1 is 1.38 bits per heavy atom. The molecule has 0 radical (unpaired) electrons. The molecule has 1 aliphatic heterocycles. The van der Waals surface area contributed by atoms with Crippen molar-refractivity contribution >= 4 is 34.9 Å². The van der Waals surface area contributed by atoms with Gasteiger partial charge in [0.2, 0.25) is 5.91 Å². The van der Waals surface area contributed by atoms with Crippen LogP contribution in [0.15, 0.2) is 34.3 Å². The molecule has 0 spiro atoms. The molecule has 7 heteroatoms. The van der Waals surface area contributed by atoms with E-state index in [2.05, 4.69) is 18.4 Å². The van der Waals surface area contributed by atoms with Gasteiger partial charge in [-0.2, -0.15) is 0 Å². The molecule has 140 valence electrons. The van der Waals surface area contributed by atoms with Crippen LogP contribution in [-0.4, -0.2) is 46.0 Å². The zero-order valence-electron chi connectivity index (χ0n) is 15.5. The molecule has 5 nitrogen and oxygen atoms in total. The highest BCUT2D eigenvalue weighted by molar-refractivity contribution is 8.01. The van der Waals surface area contributed by atoms with E-state index in [0.717, 1.165) is 0 Å². The van der Waals surface area contributed by atoms with Crippen LogP contribution in [0.3, 0.4) is 0 Å². The van der Waals surface area contributed by atoms with Crippen molar-refractivity contribution < 1.29 is 14.0 Å². The minimum atomic E-state index is -0.138. The fourth-order valence-electron chi connectivity index (χ4n) is 3.09. The second kappa shape index (κ2) is 7.88. The van der Waals surface area contributed by atoms with Gasteiger partial charge >= 0.3 is 0 Å². The number of aryl methyl sites for hydroxylation is 1. The van der Waals surface area contributed by atoms with Crippen molar-refractivity contribution in [1.82, 2.24) is 9.80 Å². The van der Waals surface area contributed by atoms with Gasteiger partial charge in [-0.05, 0) is 56.8 Å². The Labute approximate surface area is 162 Å². The van der Waals surface area contributed by atoms with Gasteiger partial charge < -0.3 is 14.2 Å². The van der Waals surface area contributed by atoms with Crippen molar-refractivity contribution in [2.24, 2.45) is 0 Å². The third-order valence-corrected chi connectivity index (χ3v) is 7.15. The highest BCUT2D eigenvalue weighted by atomic mass is 32.2. The zero-order chi connectivity index (χ0) is 18.8. The number of carbonyl (C=O) groups is 2. The van der Waals surface area contributed by atoms with E-state index in [1.165, 1.54) is 16.7 Å². The predicted molar refractivity (Wildman–Crippen MR) is 105 cm³/mol. The zero-order valence-corrected chi connectivity index (χ0v) is 17.1. The SMILES string of the molecule is Cc1ccsc1[C@H]1S[C@H](C)C(=O)N1CCN(C(=O)c1ccco1)C(C)C. The van der Waals surface area contributed by atoms with Crippen molar-refractivity contribution in [1.29, 1.82) is 0 Å². The highest BCUT2D eigenvalue weighted by Gasteiger charge is 2.39. The topological polar surface area (TPSA) is 53.8 Å². The lowest BCUT2D eigenvalue weighted by Gasteiger charge is -2.30. The predicted octanol–water partition coefficient (Wildman–Crippen LogP) is 4.16. The summed E-state index contributed by atoms with van der Waals surface area (Å²) in [6.45, 7) is 8.99. The lowest BCUT2D eigenvalue weighted by molar-refractivity contribution is -0.130. The largest absolute Gasteiger partial charge is 0.459 e. The molecular formula is C19H24N2O3S2. The monoisotopic (exact) mass is 392 g/mol. The fourth-order valence-corrected chi connectivity index (χ4v) is 5.65. The summed E-state index contributed by atoms with van der Waals surface area (Å²) in [6.07, 6.45) is 1.50. The van der Waals surface area contributed by atoms with E-state index in [9.17, 15) is 9.59 Å². The summed E-state index contributed by atoms with van der Waals surface area (Å²) in [5, 5.41) is 2.04. The van der Waals surface area contributed by atoms with Crippen LogP contribution < -0.4 is 0 Å². The number of thioether (sulfide) groups is 1. The highest BCUT2D eigenvalue weighted by Crippen LogP contribution is 2.45. The summed E-state index contributed by atoms with van der Waals surface area (Å²) < 4.78 is 5.26. The fraction of sp³-hybridized carbons (Fsp3) is 0.474. The van der Waals surface area contributed by atoms with Crippen molar-refractivity contribution in [2.45, 2.75) is 44.4 Å². The normalized spacial score (nSPS) is 20.2. The van der Waals surface area contributed by atoms with E-state index in [4.69, 9.17) is 4.42 Å². The lowest BCUT2D eigenvalue weighted by Crippen LogP contribution is -2.43. The molecule has 1 saturated heterocycles. The molecule has 2 atom stereocenters. The van der Waals surface area contributed by atoms with Gasteiger partial charge in [0, 0.05) is 24.0 Å². The maximum atomic E-state index is 12.7. The number of hydrogen-bond donors (Lipinski definition) is 0. The van der Waals surface area contributed by atoms with E-state index < -0.39 is 0 Å². The average Bonchev–Trinajstić information content (AvgIpc) is 3.31. The van der Waals surface area contributed by atoms with Gasteiger partial charge in [0.05, 0.1) is 11.5 Å². The molecule has 0 N–H and O–H groups in total. The first-order chi connectivity index (χ1) is 12.4. The van der Waals surface area contributed by atoms with E-state index in [1.807, 2.05) is 25.7 Å². The number of nitrogens with zero attached hydrogens (tertiary/aromatic N) is 2. The van der Waals surface area contributed by atoms with Crippen molar-refractivity contribution in [3.05, 3.63) is 46.0 Å². The van der Waals surface area contributed by atoms with Gasteiger partial charge in [-0.25, -0.2) is 0 Å². The summed E-state index contributed by atoms with van der Waals surface area (Å²) in [7, 11) is 0. The molecule has 0 unspecified atom stereocenters. The van der Waals surface area contributed by atoms with E-state index in [1.54, 1.807) is 40.1 Å². The quantitative estimate of drug-likeness (QED) is 0.741. The minimum Gasteiger partial charge on any atom is -0.459 e. The summed E-state index contributed by atoms with van der Waals surface area (Å²) in [5.41, 5.74) is 1.21. The summed E-state index contributed by atoms with van der Waals surface area (Å²) in [6, 6.07) is 5.50. The summed E-state index contributed by atoms with van der Waals surface area (Å²) >= 11 is 3.37. The maximum Gasteiger partial charge on any atom is 0.289 e. The standard InChI is InChI=1S/C19H24N2O3S2/c1-12(2)20(18(23)15-6-5-10-24-15)8-9-21-17(22)14(4)26-19(21)16-13(3)7-11-25-16/h5-7,10-12,14,19H,8-9H2,1-4H3/t14-,19-/m1/s1. The van der Waals surface area contributed by atoms with Gasteiger partial charge in [0.15, 0.2) is 5.76 Å². The van der Waals surface area contributed by atoms with Gasteiger partial charge in [-0.1, -0.05) is 0 Å². The molecule has 3 rings (SSSR count). The molecule has 0 aromatic carbocycles. The molecule has 2 amide bonds. The van der Waals surface area contributed by atoms with Crippen LogP contribution in [0, 0.1) is 6.92 Å². The van der Waals surface area contributed by atoms with Gasteiger partial charge in [-0.15, -0.1) is 23.1 Å². The Morgan fingerprint density at radius 3 is 2.73 bits per heavy atom. The van der Waals surface area contributed by atoms with Crippen LogP contribution in [0.5, 0.6) is 0 Å². The Balaban J connectivity index is 1.75. The molecular weight excluding hydrogens is 368 g/mol. The first-order valence-corrected chi connectivity index (χ1v) is 10.6. The molecule has 1 aliphatic rings. The van der Waals surface area contributed by atoms with Crippen LogP contribution in [0.4, 0.5) is 0 Å². The van der Waals surface area contributed by atoms with Crippen molar-refractivity contribution in [3.63, 3.8) is 0 Å². The first-order valence-electron chi connectivity index (χ1n) is 8.74. The van der Waals surface area contributed by atoms with Crippen LogP contribution in [-0.2, 0) is 4.79 Å². The van der Waals surface area contributed by atoms with Gasteiger partial charge in [0.1, 0.15) is 5.37 Å². The number of hydrogen-bond acceptors (Lipinski definition) is 5. The Morgan fingerprint density at radius 2 is 2.15 bits per heavy atom. The van der Waals surface area contributed by atoms with Gasteiger partial charge in [-0.3, -0.25) is 9.59 Å². The Bertz CT molecular complexity index is 770. The Kier molecular flexibility index (Phi) is 5.77. The van der Waals surface area contributed by atoms with Crippen LogP contribution in [0.2, 0.25) is 0 Å². The number of thiophene rings is 1. The smallest absolute Gasteiger partial charge is 0.289 e. The van der Waals surface area contributed by atoms with Crippen LogP contribution in [0.25, 0.3) is 0 Å². The van der Waals surface area contributed by atoms with E-state index in [0.29, 0.717) is 18.8 Å². The molecule has 2 aromatic rings. The molecule has 0 bridgehead atoms. The van der Waals surface area contributed by atoms with Crippen molar-refractivity contribution in [3.8, 4) is 0 Å². The van der Waals surface area contributed by atoms with Crippen molar-refractivity contribution in [2.75, 3.05) is 13.1 Å². The number of furan rings is 1. The molecule has 1 fully saturated rings.